The molecule has 0 fully saturated rings. The largest absolute Gasteiger partial charge is 0.454 e. The quantitative estimate of drug-likeness (QED) is 0.745. The number of nitrogens with one attached hydrogen (secondary N) is 1. The lowest BCUT2D eigenvalue weighted by Crippen LogP contribution is -2.31. The van der Waals surface area contributed by atoms with Gasteiger partial charge in [-0.05, 0) is 35.7 Å². The molecular formula is C18H15N3O4S. The van der Waals surface area contributed by atoms with E-state index in [2.05, 4.69) is 10.4 Å². The molecule has 2 aromatic heterocycles. The van der Waals surface area contributed by atoms with E-state index in [1.165, 1.54) is 10.7 Å². The van der Waals surface area contributed by atoms with Crippen molar-refractivity contribution < 1.29 is 14.3 Å². The van der Waals surface area contributed by atoms with E-state index in [-0.39, 0.29) is 31.3 Å². The summed E-state index contributed by atoms with van der Waals surface area (Å²) in [6.07, 6.45) is 0. The molecule has 0 atom stereocenters. The van der Waals surface area contributed by atoms with Crippen LogP contribution in [0.5, 0.6) is 11.5 Å². The topological polar surface area (TPSA) is 82.5 Å². The van der Waals surface area contributed by atoms with E-state index in [4.69, 9.17) is 9.47 Å². The number of amides is 1. The molecule has 1 N–H and O–H groups in total. The van der Waals surface area contributed by atoms with Crippen LogP contribution in [0.4, 0.5) is 0 Å². The summed E-state index contributed by atoms with van der Waals surface area (Å²) < 4.78 is 11.9. The molecule has 4 rings (SSSR count). The van der Waals surface area contributed by atoms with Gasteiger partial charge < -0.3 is 14.8 Å². The molecule has 0 saturated heterocycles. The second-order valence-electron chi connectivity index (χ2n) is 5.58. The Morgan fingerprint density at radius 1 is 1.19 bits per heavy atom. The third-order valence-corrected chi connectivity index (χ3v) is 4.78. The summed E-state index contributed by atoms with van der Waals surface area (Å²) in [6.45, 7) is 0.734. The Labute approximate surface area is 152 Å². The van der Waals surface area contributed by atoms with Crippen LogP contribution < -0.4 is 20.3 Å². The van der Waals surface area contributed by atoms with E-state index >= 15 is 0 Å². The molecular weight excluding hydrogens is 354 g/mol. The Morgan fingerprint density at radius 3 is 2.92 bits per heavy atom. The smallest absolute Gasteiger partial charge is 0.266 e. The molecule has 3 aromatic rings. The van der Waals surface area contributed by atoms with Gasteiger partial charge in [0, 0.05) is 18.2 Å². The van der Waals surface area contributed by atoms with Crippen LogP contribution >= 0.6 is 11.3 Å². The molecule has 7 nitrogen and oxygen atoms in total. The SMILES string of the molecule is O=C(NCCn1nc(-c2cccs2)ccc1=O)c1ccc2c(c1)OCO2. The molecule has 1 aromatic carbocycles. The number of hydrogen-bond donors (Lipinski definition) is 1. The van der Waals surface area contributed by atoms with Crippen LogP contribution in [-0.2, 0) is 6.54 Å². The number of ether oxygens (including phenoxy) is 2. The first kappa shape index (κ1) is 16.3. The molecule has 0 bridgehead atoms. The van der Waals surface area contributed by atoms with E-state index in [0.29, 0.717) is 17.1 Å². The van der Waals surface area contributed by atoms with Gasteiger partial charge in [-0.25, -0.2) is 4.68 Å². The zero-order chi connectivity index (χ0) is 17.9. The predicted molar refractivity (Wildman–Crippen MR) is 96.7 cm³/mol. The molecule has 1 aliphatic heterocycles. The third-order valence-electron chi connectivity index (χ3n) is 3.88. The van der Waals surface area contributed by atoms with Crippen molar-refractivity contribution >= 4 is 17.2 Å². The molecule has 8 heteroatoms. The van der Waals surface area contributed by atoms with Crippen LogP contribution in [0.25, 0.3) is 10.6 Å². The van der Waals surface area contributed by atoms with Gasteiger partial charge in [0.25, 0.3) is 11.5 Å². The number of nitrogens with zero attached hydrogens (tertiary/aromatic N) is 2. The maximum absolute atomic E-state index is 12.3. The highest BCUT2D eigenvalue weighted by atomic mass is 32.1. The number of carbonyl (C=O) groups excluding carboxylic acids is 1. The normalized spacial score (nSPS) is 12.2. The fourth-order valence-electron chi connectivity index (χ4n) is 2.58. The van der Waals surface area contributed by atoms with Gasteiger partial charge in [-0.15, -0.1) is 11.3 Å². The van der Waals surface area contributed by atoms with Crippen molar-refractivity contribution in [3.05, 3.63) is 63.8 Å². The van der Waals surface area contributed by atoms with Crippen molar-refractivity contribution in [1.82, 2.24) is 15.1 Å². The van der Waals surface area contributed by atoms with E-state index in [1.54, 1.807) is 35.6 Å². The summed E-state index contributed by atoms with van der Waals surface area (Å²) >= 11 is 1.56. The maximum atomic E-state index is 12.3. The van der Waals surface area contributed by atoms with Gasteiger partial charge >= 0.3 is 0 Å². The number of carbonyl (C=O) groups is 1. The zero-order valence-electron chi connectivity index (χ0n) is 13.7. The molecule has 1 aliphatic rings. The van der Waals surface area contributed by atoms with Crippen molar-refractivity contribution in [3.63, 3.8) is 0 Å². The Kier molecular flexibility index (Phi) is 4.40. The van der Waals surface area contributed by atoms with Crippen molar-refractivity contribution in [2.24, 2.45) is 0 Å². The first-order valence-electron chi connectivity index (χ1n) is 8.00. The highest BCUT2D eigenvalue weighted by Crippen LogP contribution is 2.32. The van der Waals surface area contributed by atoms with E-state index < -0.39 is 0 Å². The third kappa shape index (κ3) is 3.31. The summed E-state index contributed by atoms with van der Waals surface area (Å²) in [7, 11) is 0. The minimum atomic E-state index is -0.245. The molecule has 1 amide bonds. The number of rotatable bonds is 5. The molecule has 3 heterocycles. The van der Waals surface area contributed by atoms with Crippen LogP contribution in [0.15, 0.2) is 52.6 Å². The Balaban J connectivity index is 1.41. The minimum Gasteiger partial charge on any atom is -0.454 e. The first-order chi connectivity index (χ1) is 12.7. The molecule has 0 saturated carbocycles. The van der Waals surface area contributed by atoms with Crippen molar-refractivity contribution in [3.8, 4) is 22.1 Å². The fourth-order valence-corrected chi connectivity index (χ4v) is 3.27. The lowest BCUT2D eigenvalue weighted by molar-refractivity contribution is 0.0951. The monoisotopic (exact) mass is 369 g/mol. The molecule has 132 valence electrons. The molecule has 0 aliphatic carbocycles. The summed E-state index contributed by atoms with van der Waals surface area (Å²) in [5.74, 6) is 0.938. The molecule has 26 heavy (non-hydrogen) atoms. The number of benzene rings is 1. The fraction of sp³-hybridized carbons (Fsp3) is 0.167. The van der Waals surface area contributed by atoms with Gasteiger partial charge in [0.15, 0.2) is 11.5 Å². The van der Waals surface area contributed by atoms with Crippen LogP contribution in [0.2, 0.25) is 0 Å². The summed E-state index contributed by atoms with van der Waals surface area (Å²) in [5.41, 5.74) is 1.01. The second kappa shape index (κ2) is 7.01. The number of hydrogen-bond acceptors (Lipinski definition) is 6. The highest BCUT2D eigenvalue weighted by Gasteiger charge is 2.16. The first-order valence-corrected chi connectivity index (χ1v) is 8.88. The van der Waals surface area contributed by atoms with Crippen LogP contribution in [0, 0.1) is 0 Å². The average Bonchev–Trinajstić information content (AvgIpc) is 3.34. The zero-order valence-corrected chi connectivity index (χ0v) is 14.5. The van der Waals surface area contributed by atoms with Gasteiger partial charge in [-0.2, -0.15) is 5.10 Å². The summed E-state index contributed by atoms with van der Waals surface area (Å²) in [6, 6.07) is 12.1. The number of thiophene rings is 1. The number of aromatic nitrogens is 2. The molecule has 0 unspecified atom stereocenters. The standard InChI is InChI=1S/C18H15N3O4S/c22-17-6-4-13(16-2-1-9-26-16)20-21(17)8-7-19-18(23)12-3-5-14-15(10-12)25-11-24-14/h1-6,9-10H,7-8,11H2,(H,19,23). The summed E-state index contributed by atoms with van der Waals surface area (Å²) in [5, 5.41) is 9.10. The van der Waals surface area contributed by atoms with Gasteiger partial charge in [-0.1, -0.05) is 6.07 Å². The highest BCUT2D eigenvalue weighted by molar-refractivity contribution is 7.13. The predicted octanol–water partition coefficient (Wildman–Crippen LogP) is 2.13. The minimum absolute atomic E-state index is 0.162. The van der Waals surface area contributed by atoms with Crippen molar-refractivity contribution in [1.29, 1.82) is 0 Å². The lowest BCUT2D eigenvalue weighted by Gasteiger charge is -2.08. The molecule has 0 radical (unpaired) electrons. The van der Waals surface area contributed by atoms with Crippen LogP contribution in [-0.4, -0.2) is 29.0 Å². The van der Waals surface area contributed by atoms with Gasteiger partial charge in [0.05, 0.1) is 11.4 Å². The van der Waals surface area contributed by atoms with E-state index in [0.717, 1.165) is 10.6 Å². The van der Waals surface area contributed by atoms with E-state index in [9.17, 15) is 9.59 Å². The Bertz CT molecular complexity index is 998. The van der Waals surface area contributed by atoms with Crippen LogP contribution in [0.3, 0.4) is 0 Å². The van der Waals surface area contributed by atoms with E-state index in [1.807, 2.05) is 17.5 Å². The van der Waals surface area contributed by atoms with Crippen molar-refractivity contribution in [2.45, 2.75) is 6.54 Å². The van der Waals surface area contributed by atoms with Gasteiger partial charge in [0.1, 0.15) is 5.69 Å². The second-order valence-corrected chi connectivity index (χ2v) is 6.53. The maximum Gasteiger partial charge on any atom is 0.266 e. The van der Waals surface area contributed by atoms with Gasteiger partial charge in [-0.3, -0.25) is 9.59 Å². The lowest BCUT2D eigenvalue weighted by atomic mass is 10.2. The average molecular weight is 369 g/mol. The van der Waals surface area contributed by atoms with Crippen molar-refractivity contribution in [2.75, 3.05) is 13.3 Å². The number of fused-ring (bicyclic) bond motifs is 1. The van der Waals surface area contributed by atoms with Crippen LogP contribution in [0.1, 0.15) is 10.4 Å². The Morgan fingerprint density at radius 2 is 2.08 bits per heavy atom. The molecule has 0 spiro atoms. The van der Waals surface area contributed by atoms with Gasteiger partial charge in [0.2, 0.25) is 6.79 Å². The Hall–Kier alpha value is -3.13. The summed E-state index contributed by atoms with van der Waals surface area (Å²) in [4.78, 5) is 25.2.